The zero-order valence-electron chi connectivity index (χ0n) is 16.2. The van der Waals surface area contributed by atoms with Crippen LogP contribution >= 0.6 is 0 Å². The van der Waals surface area contributed by atoms with Crippen molar-refractivity contribution in [1.82, 2.24) is 10.2 Å². The number of hydrogen-bond donors (Lipinski definition) is 1. The van der Waals surface area contributed by atoms with Gasteiger partial charge in [0.05, 0.1) is 30.7 Å². The van der Waals surface area contributed by atoms with Crippen LogP contribution in [-0.2, 0) is 23.8 Å². The van der Waals surface area contributed by atoms with Gasteiger partial charge in [-0.15, -0.1) is 0 Å². The fourth-order valence-corrected chi connectivity index (χ4v) is 5.45. The van der Waals surface area contributed by atoms with Gasteiger partial charge < -0.3 is 24.3 Å². The molecule has 0 unspecified atom stereocenters. The minimum atomic E-state index is -0.790. The van der Waals surface area contributed by atoms with Crippen LogP contribution in [0.5, 0.6) is 0 Å². The van der Waals surface area contributed by atoms with E-state index in [0.717, 1.165) is 12.7 Å². The van der Waals surface area contributed by atoms with E-state index < -0.39 is 35.0 Å². The summed E-state index contributed by atoms with van der Waals surface area (Å²) in [6.45, 7) is 6.95. The molecule has 150 valence electrons. The minimum absolute atomic E-state index is 0.00186. The molecule has 2 amide bonds. The van der Waals surface area contributed by atoms with Crippen molar-refractivity contribution >= 4 is 18.3 Å². The smallest absolute Gasteiger partial charge is 0.411 e. The number of piperidine rings is 1. The number of amides is 2. The van der Waals surface area contributed by atoms with Crippen molar-refractivity contribution in [3.8, 4) is 0 Å². The van der Waals surface area contributed by atoms with Gasteiger partial charge in [0.2, 0.25) is 5.91 Å². The molecular formula is C19H28N2O6. The van der Waals surface area contributed by atoms with Crippen LogP contribution < -0.4 is 5.32 Å². The van der Waals surface area contributed by atoms with E-state index in [4.69, 9.17) is 14.2 Å². The molecule has 1 saturated carbocycles. The summed E-state index contributed by atoms with van der Waals surface area (Å²) in [5.41, 5.74) is -1.48. The standard InChI is InChI=1S/C19H28N2O6/c1-17(2,3)27-16(24)21-13(11-22)9-19-12(4-5-20-15(19)23)8-18(10-14(19)21)25-6-7-26-18/h11-14H,4-10H2,1-3H3,(H,20,23)/t12-,13+,14-,19-/m0/s1. The predicted octanol–water partition coefficient (Wildman–Crippen LogP) is 1.22. The van der Waals surface area contributed by atoms with Crippen LogP contribution in [0.25, 0.3) is 0 Å². The fourth-order valence-electron chi connectivity index (χ4n) is 5.45. The minimum Gasteiger partial charge on any atom is -0.444 e. The average Bonchev–Trinajstić information content (AvgIpc) is 3.15. The molecule has 0 radical (unpaired) electrons. The number of likely N-dealkylation sites (tertiary alicyclic amines) is 1. The maximum Gasteiger partial charge on any atom is 0.411 e. The summed E-state index contributed by atoms with van der Waals surface area (Å²) in [7, 11) is 0. The summed E-state index contributed by atoms with van der Waals surface area (Å²) in [4.78, 5) is 39.4. The highest BCUT2D eigenvalue weighted by atomic mass is 16.7. The van der Waals surface area contributed by atoms with Gasteiger partial charge in [0.15, 0.2) is 5.79 Å². The normalized spacial score (nSPS) is 37.5. The molecule has 4 atom stereocenters. The molecule has 1 aliphatic carbocycles. The third kappa shape index (κ3) is 2.84. The second-order valence-electron chi connectivity index (χ2n) is 9.11. The van der Waals surface area contributed by atoms with Gasteiger partial charge in [-0.3, -0.25) is 9.69 Å². The lowest BCUT2D eigenvalue weighted by Crippen LogP contribution is -2.64. The number of carbonyl (C=O) groups excluding carboxylic acids is 3. The lowest BCUT2D eigenvalue weighted by atomic mass is 9.58. The van der Waals surface area contributed by atoms with E-state index in [1.807, 2.05) is 0 Å². The Kier molecular flexibility index (Phi) is 4.27. The number of ether oxygens (including phenoxy) is 3. The van der Waals surface area contributed by atoms with Crippen LogP contribution in [0.3, 0.4) is 0 Å². The molecule has 1 N–H and O–H groups in total. The Morgan fingerprint density at radius 3 is 2.59 bits per heavy atom. The Balaban J connectivity index is 1.75. The summed E-state index contributed by atoms with van der Waals surface area (Å²) < 4.78 is 17.5. The first-order chi connectivity index (χ1) is 12.7. The number of rotatable bonds is 1. The van der Waals surface area contributed by atoms with Crippen molar-refractivity contribution in [2.75, 3.05) is 19.8 Å². The number of aldehydes is 1. The van der Waals surface area contributed by atoms with Crippen molar-refractivity contribution in [2.45, 2.75) is 69.9 Å². The van der Waals surface area contributed by atoms with Crippen molar-refractivity contribution < 1.29 is 28.6 Å². The number of nitrogens with zero attached hydrogens (tertiary/aromatic N) is 1. The van der Waals surface area contributed by atoms with E-state index in [9.17, 15) is 14.4 Å². The Labute approximate surface area is 158 Å². The molecule has 3 saturated heterocycles. The van der Waals surface area contributed by atoms with E-state index in [1.54, 1.807) is 20.8 Å². The van der Waals surface area contributed by atoms with Gasteiger partial charge >= 0.3 is 6.09 Å². The number of carbonyl (C=O) groups is 3. The predicted molar refractivity (Wildman–Crippen MR) is 93.7 cm³/mol. The molecule has 3 aliphatic heterocycles. The molecule has 4 fully saturated rings. The van der Waals surface area contributed by atoms with Gasteiger partial charge in [-0.2, -0.15) is 0 Å². The Hall–Kier alpha value is -1.67. The highest BCUT2D eigenvalue weighted by molar-refractivity contribution is 5.88. The Bertz CT molecular complexity index is 653. The molecular weight excluding hydrogens is 352 g/mol. The van der Waals surface area contributed by atoms with Gasteiger partial charge in [-0.1, -0.05) is 0 Å². The molecule has 2 spiro atoms. The van der Waals surface area contributed by atoms with Gasteiger partial charge in [0, 0.05) is 19.4 Å². The van der Waals surface area contributed by atoms with E-state index in [1.165, 1.54) is 4.90 Å². The number of nitrogens with one attached hydrogen (secondary N) is 1. The second kappa shape index (κ2) is 6.17. The van der Waals surface area contributed by atoms with Crippen molar-refractivity contribution in [3.05, 3.63) is 0 Å². The summed E-state index contributed by atoms with van der Waals surface area (Å²) in [5, 5.41) is 2.96. The monoisotopic (exact) mass is 380 g/mol. The first kappa shape index (κ1) is 18.7. The van der Waals surface area contributed by atoms with E-state index >= 15 is 0 Å². The van der Waals surface area contributed by atoms with E-state index in [0.29, 0.717) is 39.0 Å². The SMILES string of the molecule is CC(C)(C)OC(=O)N1[C@H]2CC3(C[C@@H]4CCNC(=O)[C@@]42C[C@@H]1C=O)OCCO3. The zero-order chi connectivity index (χ0) is 19.4. The quantitative estimate of drug-likeness (QED) is 0.688. The molecule has 0 bridgehead atoms. The Morgan fingerprint density at radius 2 is 1.96 bits per heavy atom. The first-order valence-corrected chi connectivity index (χ1v) is 9.74. The highest BCUT2D eigenvalue weighted by Gasteiger charge is 2.68. The lowest BCUT2D eigenvalue weighted by molar-refractivity contribution is -0.220. The Morgan fingerprint density at radius 1 is 1.26 bits per heavy atom. The second-order valence-corrected chi connectivity index (χ2v) is 9.11. The van der Waals surface area contributed by atoms with E-state index in [-0.39, 0.29) is 11.8 Å². The van der Waals surface area contributed by atoms with Crippen LogP contribution in [0.2, 0.25) is 0 Å². The van der Waals surface area contributed by atoms with E-state index in [2.05, 4.69) is 5.32 Å². The molecule has 0 aromatic rings. The summed E-state index contributed by atoms with van der Waals surface area (Å²) >= 11 is 0. The largest absolute Gasteiger partial charge is 0.444 e. The van der Waals surface area contributed by atoms with Crippen molar-refractivity contribution in [3.63, 3.8) is 0 Å². The fraction of sp³-hybridized carbons (Fsp3) is 0.842. The summed E-state index contributed by atoms with van der Waals surface area (Å²) in [6, 6.07) is -1.17. The highest BCUT2D eigenvalue weighted by Crippen LogP contribution is 2.58. The molecule has 3 heterocycles. The third-order valence-corrected chi connectivity index (χ3v) is 6.40. The maximum absolute atomic E-state index is 13.1. The van der Waals surface area contributed by atoms with Gasteiger partial charge in [-0.05, 0) is 39.5 Å². The van der Waals surface area contributed by atoms with Crippen LogP contribution in [-0.4, -0.2) is 66.4 Å². The first-order valence-electron chi connectivity index (χ1n) is 9.74. The summed E-state index contributed by atoms with van der Waals surface area (Å²) in [5.74, 6) is -0.860. The molecule has 8 heteroatoms. The molecule has 0 aromatic heterocycles. The lowest BCUT2D eigenvalue weighted by Gasteiger charge is -2.53. The van der Waals surface area contributed by atoms with Crippen molar-refractivity contribution in [2.24, 2.45) is 11.3 Å². The topological polar surface area (TPSA) is 94.2 Å². The molecule has 4 rings (SSSR count). The van der Waals surface area contributed by atoms with Gasteiger partial charge in [-0.25, -0.2) is 4.79 Å². The van der Waals surface area contributed by atoms with Gasteiger partial charge in [0.1, 0.15) is 11.9 Å². The maximum atomic E-state index is 13.1. The van der Waals surface area contributed by atoms with Crippen LogP contribution in [0.1, 0.15) is 46.5 Å². The van der Waals surface area contributed by atoms with Crippen LogP contribution in [0.4, 0.5) is 4.79 Å². The van der Waals surface area contributed by atoms with Gasteiger partial charge in [0.25, 0.3) is 0 Å². The molecule has 27 heavy (non-hydrogen) atoms. The van der Waals surface area contributed by atoms with Crippen LogP contribution in [0, 0.1) is 11.3 Å². The molecule has 8 nitrogen and oxygen atoms in total. The number of hydrogen-bond acceptors (Lipinski definition) is 6. The van der Waals surface area contributed by atoms with Crippen molar-refractivity contribution in [1.29, 1.82) is 0 Å². The third-order valence-electron chi connectivity index (χ3n) is 6.40. The summed E-state index contributed by atoms with van der Waals surface area (Å²) in [6.07, 6.45) is 2.30. The van der Waals surface area contributed by atoms with Crippen LogP contribution in [0.15, 0.2) is 0 Å². The molecule has 0 aromatic carbocycles. The zero-order valence-corrected chi connectivity index (χ0v) is 16.2. The molecule has 4 aliphatic rings. The average molecular weight is 380 g/mol.